The molecule has 0 aliphatic heterocycles. The Morgan fingerprint density at radius 2 is 1.15 bits per heavy atom. The van der Waals surface area contributed by atoms with E-state index in [2.05, 4.69) is 97.5 Å². The molecule has 3 aromatic carbocycles. The fourth-order valence-corrected chi connectivity index (χ4v) is 4.26. The minimum absolute atomic E-state index is 0.991. The number of aromatic nitrogens is 1. The fourth-order valence-electron chi connectivity index (χ4n) is 2.97. The molecule has 1 aromatic heterocycles. The lowest BCUT2D eigenvalue weighted by Gasteiger charge is -2.08. The van der Waals surface area contributed by atoms with Crippen LogP contribution in [0.15, 0.2) is 100 Å². The first-order valence-electron chi connectivity index (χ1n) is 8.27. The average Bonchev–Trinajstić information content (AvgIpc) is 2.68. The van der Waals surface area contributed by atoms with Gasteiger partial charge >= 0.3 is 0 Å². The van der Waals surface area contributed by atoms with Gasteiger partial charge in [0, 0.05) is 20.7 Å². The van der Waals surface area contributed by atoms with E-state index in [1.807, 2.05) is 30.5 Å². The Balaban J connectivity index is 1.67. The van der Waals surface area contributed by atoms with Gasteiger partial charge in [-0.1, -0.05) is 80.4 Å². The second-order valence-electron chi connectivity index (χ2n) is 6.03. The molecule has 1 nitrogen and oxygen atoms in total. The van der Waals surface area contributed by atoms with Crippen LogP contribution in [0.2, 0.25) is 0 Å². The van der Waals surface area contributed by atoms with E-state index < -0.39 is 0 Å². The molecule has 0 unspecified atom stereocenters. The second-order valence-corrected chi connectivity index (χ2v) is 7.86. The normalized spacial score (nSPS) is 10.7. The summed E-state index contributed by atoms with van der Waals surface area (Å²) in [4.78, 5) is 4.45. The summed E-state index contributed by atoms with van der Waals surface area (Å²) in [6.45, 7) is 0. The maximum absolute atomic E-state index is 4.45. The van der Waals surface area contributed by atoms with E-state index in [0.29, 0.717) is 0 Å². The van der Waals surface area contributed by atoms with Crippen molar-refractivity contribution in [3.63, 3.8) is 0 Å². The highest BCUT2D eigenvalue weighted by Crippen LogP contribution is 2.30. The van der Waals surface area contributed by atoms with Crippen molar-refractivity contribution >= 4 is 31.9 Å². The van der Waals surface area contributed by atoms with Crippen molar-refractivity contribution in [2.75, 3.05) is 0 Å². The van der Waals surface area contributed by atoms with Gasteiger partial charge in [0.2, 0.25) is 0 Å². The van der Waals surface area contributed by atoms with Gasteiger partial charge in [-0.25, -0.2) is 0 Å². The Morgan fingerprint density at radius 1 is 0.500 bits per heavy atom. The maximum Gasteiger partial charge on any atom is 0.0702 e. The zero-order valence-corrected chi connectivity index (χ0v) is 17.0. The summed E-state index contributed by atoms with van der Waals surface area (Å²) < 4.78 is 2.13. The molecule has 0 N–H and O–H groups in total. The van der Waals surface area contributed by atoms with Crippen LogP contribution in [0.1, 0.15) is 0 Å². The highest BCUT2D eigenvalue weighted by molar-refractivity contribution is 9.11. The summed E-state index contributed by atoms with van der Waals surface area (Å²) in [6, 6.07) is 29.4. The van der Waals surface area contributed by atoms with E-state index in [9.17, 15) is 0 Å². The quantitative estimate of drug-likeness (QED) is 0.304. The summed E-state index contributed by atoms with van der Waals surface area (Å²) in [7, 11) is 0. The summed E-state index contributed by atoms with van der Waals surface area (Å²) >= 11 is 7.11. The summed E-state index contributed by atoms with van der Waals surface area (Å²) in [5, 5.41) is 0. The van der Waals surface area contributed by atoms with Crippen molar-refractivity contribution in [2.45, 2.75) is 0 Å². The first kappa shape index (κ1) is 17.2. The highest BCUT2D eigenvalue weighted by Gasteiger charge is 2.05. The molecule has 4 aromatic rings. The lowest BCUT2D eigenvalue weighted by Crippen LogP contribution is -1.84. The molecule has 0 spiro atoms. The molecule has 1 heterocycles. The molecule has 0 amide bonds. The molecular weight excluding hydrogens is 450 g/mol. The molecule has 0 atom stereocenters. The molecule has 0 bridgehead atoms. The predicted octanol–water partition coefficient (Wildman–Crippen LogP) is 7.61. The van der Waals surface area contributed by atoms with Crippen molar-refractivity contribution in [1.82, 2.24) is 4.98 Å². The molecule has 0 radical (unpaired) electrons. The monoisotopic (exact) mass is 463 g/mol. The van der Waals surface area contributed by atoms with Gasteiger partial charge in [-0.3, -0.25) is 4.98 Å². The SMILES string of the molecule is Brc1cc(Br)cc(-c2ccc(-c3cccc(-c4ccccn4)c3)cc2)c1. The maximum atomic E-state index is 4.45. The van der Waals surface area contributed by atoms with Gasteiger partial charge in [0.15, 0.2) is 0 Å². The third-order valence-electron chi connectivity index (χ3n) is 4.24. The predicted molar refractivity (Wildman–Crippen MR) is 116 cm³/mol. The molecule has 0 saturated heterocycles. The Morgan fingerprint density at radius 3 is 1.81 bits per heavy atom. The largest absolute Gasteiger partial charge is 0.256 e. The number of hydrogen-bond donors (Lipinski definition) is 0. The van der Waals surface area contributed by atoms with Crippen LogP contribution in [0.3, 0.4) is 0 Å². The lowest BCUT2D eigenvalue weighted by molar-refractivity contribution is 1.33. The molecule has 0 aliphatic rings. The summed E-state index contributed by atoms with van der Waals surface area (Å²) in [5.74, 6) is 0. The third kappa shape index (κ3) is 3.79. The van der Waals surface area contributed by atoms with Gasteiger partial charge in [-0.2, -0.15) is 0 Å². The van der Waals surface area contributed by atoms with E-state index >= 15 is 0 Å². The first-order valence-corrected chi connectivity index (χ1v) is 9.86. The zero-order valence-electron chi connectivity index (χ0n) is 13.9. The lowest BCUT2D eigenvalue weighted by atomic mass is 9.98. The molecule has 0 saturated carbocycles. The van der Waals surface area contributed by atoms with Crippen LogP contribution < -0.4 is 0 Å². The van der Waals surface area contributed by atoms with Crippen molar-refractivity contribution < 1.29 is 0 Å². The van der Waals surface area contributed by atoms with Crippen LogP contribution >= 0.6 is 31.9 Å². The smallest absolute Gasteiger partial charge is 0.0702 e. The van der Waals surface area contributed by atoms with Crippen LogP contribution in [0.25, 0.3) is 33.5 Å². The molecule has 126 valence electrons. The number of nitrogens with zero attached hydrogens (tertiary/aromatic N) is 1. The molecule has 4 rings (SSSR count). The zero-order chi connectivity index (χ0) is 17.9. The van der Waals surface area contributed by atoms with E-state index in [0.717, 1.165) is 20.2 Å². The molecule has 0 aliphatic carbocycles. The minimum Gasteiger partial charge on any atom is -0.256 e. The van der Waals surface area contributed by atoms with Gasteiger partial charge in [-0.15, -0.1) is 0 Å². The van der Waals surface area contributed by atoms with Crippen molar-refractivity contribution in [3.05, 3.63) is 100 Å². The standard InChI is InChI=1S/C23H15Br2N/c24-21-13-20(14-22(25)15-21)17-9-7-16(8-10-17)18-4-3-5-19(12-18)23-6-1-2-11-26-23/h1-15H. The van der Waals surface area contributed by atoms with Crippen LogP contribution in [-0.4, -0.2) is 4.98 Å². The Hall–Kier alpha value is -2.23. The third-order valence-corrected chi connectivity index (χ3v) is 5.15. The Labute approximate surface area is 170 Å². The molecular formula is C23H15Br2N. The van der Waals surface area contributed by atoms with Gasteiger partial charge in [0.05, 0.1) is 5.69 Å². The molecule has 0 fully saturated rings. The Kier molecular flexibility index (Phi) is 5.00. The van der Waals surface area contributed by atoms with E-state index in [1.165, 1.54) is 22.3 Å². The van der Waals surface area contributed by atoms with Crippen LogP contribution in [-0.2, 0) is 0 Å². The van der Waals surface area contributed by atoms with Crippen LogP contribution in [0, 0.1) is 0 Å². The van der Waals surface area contributed by atoms with Gasteiger partial charge in [0.1, 0.15) is 0 Å². The fraction of sp³-hybridized carbons (Fsp3) is 0. The van der Waals surface area contributed by atoms with Crippen LogP contribution in [0.4, 0.5) is 0 Å². The average molecular weight is 465 g/mol. The second kappa shape index (κ2) is 7.56. The number of pyridine rings is 1. The number of halogens is 2. The van der Waals surface area contributed by atoms with Gasteiger partial charge < -0.3 is 0 Å². The summed E-state index contributed by atoms with van der Waals surface area (Å²) in [5.41, 5.74) is 6.88. The molecule has 3 heteroatoms. The Bertz CT molecular complexity index is 1020. The minimum atomic E-state index is 0.991. The summed E-state index contributed by atoms with van der Waals surface area (Å²) in [6.07, 6.45) is 1.83. The van der Waals surface area contributed by atoms with E-state index in [-0.39, 0.29) is 0 Å². The van der Waals surface area contributed by atoms with Gasteiger partial charge in [0.25, 0.3) is 0 Å². The van der Waals surface area contributed by atoms with Crippen molar-refractivity contribution in [2.24, 2.45) is 0 Å². The van der Waals surface area contributed by atoms with Crippen molar-refractivity contribution in [3.8, 4) is 33.5 Å². The van der Waals surface area contributed by atoms with E-state index in [1.54, 1.807) is 0 Å². The number of benzene rings is 3. The van der Waals surface area contributed by atoms with Crippen LogP contribution in [0.5, 0.6) is 0 Å². The topological polar surface area (TPSA) is 12.9 Å². The van der Waals surface area contributed by atoms with Gasteiger partial charge in [-0.05, 0) is 58.7 Å². The van der Waals surface area contributed by atoms with E-state index in [4.69, 9.17) is 0 Å². The molecule has 26 heavy (non-hydrogen) atoms. The van der Waals surface area contributed by atoms with Crippen molar-refractivity contribution in [1.29, 1.82) is 0 Å². The highest BCUT2D eigenvalue weighted by atomic mass is 79.9. The number of hydrogen-bond acceptors (Lipinski definition) is 1. The first-order chi connectivity index (χ1) is 12.7. The number of rotatable bonds is 3.